The number of benzene rings is 2. The van der Waals surface area contributed by atoms with Crippen LogP contribution in [0.3, 0.4) is 0 Å². The second-order valence-corrected chi connectivity index (χ2v) is 25.1. The molecule has 2 saturated heterocycles. The Morgan fingerprint density at radius 2 is 1.73 bits per heavy atom. The van der Waals surface area contributed by atoms with Crippen molar-refractivity contribution in [1.82, 2.24) is 61.2 Å². The molecule has 0 bridgehead atoms. The number of amides is 4. The molecule has 4 aliphatic rings. The van der Waals surface area contributed by atoms with Crippen LogP contribution in [0.5, 0.6) is 5.75 Å². The molecule has 0 radical (unpaired) electrons. The largest absolute Gasteiger partial charge is 0.492 e. The third-order valence-electron chi connectivity index (χ3n) is 16.2. The van der Waals surface area contributed by atoms with E-state index in [1.165, 1.54) is 17.4 Å². The smallest absolute Gasteiger partial charge is 0.271 e. The van der Waals surface area contributed by atoms with Crippen molar-refractivity contribution in [2.75, 3.05) is 63.1 Å². The summed E-state index contributed by atoms with van der Waals surface area (Å²) in [6, 6.07) is 7.41. The van der Waals surface area contributed by atoms with Gasteiger partial charge >= 0.3 is 0 Å². The lowest BCUT2D eigenvalue weighted by Gasteiger charge is -2.36. The number of hydrogen-bond donors (Lipinski definition) is 6. The molecule has 5 heterocycles. The highest BCUT2D eigenvalue weighted by atomic mass is 32.2. The monoisotopic (exact) mass is 1110 g/mol. The van der Waals surface area contributed by atoms with E-state index in [9.17, 15) is 32.4 Å². The Balaban J connectivity index is 0.824. The standard InChI is InChI=1S/C57H74N14O8S/c1-35-36(2)67-68-50(35)65-51-41-28-47(80(77,78)56(4,5)6)46(29-43(41)61-34-62-51)79-26-14-21-69-22-24-70(25-23-69)48-31-59-44(30-60-48)53(74)63-40-27-45(54(75)66-57(33-72)20-13-18-38-15-11-12-19-42(38)57)71(32-40)55(76)49(39-16-9-8-10-17-39)64-52(73)37(3)58-7/h11-13,15,19-20,28-31,33-34,37,39-40,45,49,58H,8-10,14,16-18,21-27,32H2,1-7H3,(H,63,74)(H,64,73)(H,66,75)(H2,61,62,65,67,68)/t37-,40-,45-,49-,57-/m0/s1. The second-order valence-electron chi connectivity index (χ2n) is 22.4. The Morgan fingerprint density at radius 1 is 0.963 bits per heavy atom. The van der Waals surface area contributed by atoms with Crippen LogP contribution in [0.25, 0.3) is 10.9 Å². The predicted molar refractivity (Wildman–Crippen MR) is 302 cm³/mol. The SMILES string of the molecule is CN[C@@H](C)C(=O)N[C@H](C(=O)N1C[C@@H](NC(=O)c2cnc(N3CCN(CCCOc4cc5ncnc(Nc6n[nH]c(C)c6C)c5cc4S(=O)(=O)C(C)(C)C)CC3)cn2)C[C@H]1C(=O)N[C@]1(C=O)C=CCc2ccccc21)C1CCCCC1. The quantitative estimate of drug-likeness (QED) is 0.0381. The summed E-state index contributed by atoms with van der Waals surface area (Å²) in [5.41, 5.74) is 2.46. The maximum atomic E-state index is 14.9. The van der Waals surface area contributed by atoms with Crippen molar-refractivity contribution in [3.8, 4) is 5.75 Å². The number of piperazine rings is 1. The zero-order valence-electron chi connectivity index (χ0n) is 46.7. The number of aromatic nitrogens is 6. The number of hydrogen-bond acceptors (Lipinski definition) is 17. The number of nitrogens with one attached hydrogen (secondary N) is 6. The number of aromatic amines is 1. The molecule has 426 valence electrons. The van der Waals surface area contributed by atoms with E-state index in [1.54, 1.807) is 59.1 Å². The lowest BCUT2D eigenvalue weighted by atomic mass is 9.82. The van der Waals surface area contributed by atoms with E-state index in [0.717, 1.165) is 48.9 Å². The molecule has 80 heavy (non-hydrogen) atoms. The minimum atomic E-state index is -3.86. The number of H-pyrrole nitrogens is 1. The molecular weight excluding hydrogens is 1040 g/mol. The van der Waals surface area contributed by atoms with Crippen molar-refractivity contribution in [3.63, 3.8) is 0 Å². The van der Waals surface area contributed by atoms with Gasteiger partial charge in [0.25, 0.3) is 5.91 Å². The van der Waals surface area contributed by atoms with Gasteiger partial charge in [-0.15, -0.1) is 0 Å². The Morgan fingerprint density at radius 3 is 2.41 bits per heavy atom. The molecule has 22 nitrogen and oxygen atoms in total. The van der Waals surface area contributed by atoms with Crippen molar-refractivity contribution < 1.29 is 37.1 Å². The lowest BCUT2D eigenvalue weighted by Crippen LogP contribution is -2.59. The number of anilines is 3. The molecule has 9 rings (SSSR count). The Labute approximate surface area is 467 Å². The first-order valence-corrected chi connectivity index (χ1v) is 29.2. The zero-order valence-corrected chi connectivity index (χ0v) is 47.5. The zero-order chi connectivity index (χ0) is 56.9. The van der Waals surface area contributed by atoms with E-state index < -0.39 is 62.0 Å². The first-order valence-electron chi connectivity index (χ1n) is 27.7. The van der Waals surface area contributed by atoms with Crippen LogP contribution in [0.2, 0.25) is 0 Å². The number of carbonyl (C=O) groups excluding carboxylic acids is 5. The van der Waals surface area contributed by atoms with Crippen LogP contribution in [0.15, 0.2) is 72.2 Å². The fraction of sp³-hybridized carbons (Fsp3) is 0.509. The molecular formula is C57H74N14O8S. The van der Waals surface area contributed by atoms with Gasteiger partial charge < -0.3 is 41.1 Å². The fourth-order valence-electron chi connectivity index (χ4n) is 11.0. The lowest BCUT2D eigenvalue weighted by molar-refractivity contribution is -0.143. The van der Waals surface area contributed by atoms with Gasteiger partial charge in [0.2, 0.25) is 17.7 Å². The van der Waals surface area contributed by atoms with E-state index in [-0.39, 0.29) is 47.7 Å². The maximum Gasteiger partial charge on any atom is 0.271 e. The molecule has 6 N–H and O–H groups in total. The summed E-state index contributed by atoms with van der Waals surface area (Å²) in [6.45, 7) is 14.2. The highest BCUT2D eigenvalue weighted by Gasteiger charge is 2.47. The number of rotatable bonds is 19. The van der Waals surface area contributed by atoms with Crippen molar-refractivity contribution in [2.45, 2.75) is 132 Å². The number of likely N-dealkylation sites (N-methyl/N-ethyl adjacent to an activating group) is 1. The summed E-state index contributed by atoms with van der Waals surface area (Å²) in [4.78, 5) is 93.7. The van der Waals surface area contributed by atoms with Gasteiger partial charge in [0.15, 0.2) is 21.9 Å². The molecule has 3 fully saturated rings. The van der Waals surface area contributed by atoms with Crippen molar-refractivity contribution in [3.05, 3.63) is 95.3 Å². The topological polar surface area (TPSA) is 279 Å². The Kier molecular flexibility index (Phi) is 17.3. The number of fused-ring (bicyclic) bond motifs is 2. The minimum absolute atomic E-state index is 0.0171. The molecule has 4 amide bonds. The number of aryl methyl sites for hydroxylation is 1. The maximum absolute atomic E-state index is 14.9. The normalized spacial score (nSPS) is 20.6. The predicted octanol–water partition coefficient (Wildman–Crippen LogP) is 4.36. The van der Waals surface area contributed by atoms with Gasteiger partial charge in [0.1, 0.15) is 51.9 Å². The van der Waals surface area contributed by atoms with Gasteiger partial charge in [-0.3, -0.25) is 34.0 Å². The number of ether oxygens (including phenoxy) is 1. The van der Waals surface area contributed by atoms with E-state index >= 15 is 0 Å². The summed E-state index contributed by atoms with van der Waals surface area (Å²) < 4.78 is 33.2. The Bertz CT molecular complexity index is 3240. The van der Waals surface area contributed by atoms with E-state index in [1.807, 2.05) is 44.2 Å². The summed E-state index contributed by atoms with van der Waals surface area (Å²) in [6.07, 6.45) is 14.2. The van der Waals surface area contributed by atoms with Crippen molar-refractivity contribution >= 4 is 68.1 Å². The third kappa shape index (κ3) is 12.2. The number of likely N-dealkylation sites (tertiary alicyclic amines) is 1. The van der Waals surface area contributed by atoms with Crippen LogP contribution in [-0.4, -0.2) is 160 Å². The fourth-order valence-corrected chi connectivity index (χ4v) is 12.3. The molecule has 23 heteroatoms. The van der Waals surface area contributed by atoms with E-state index in [0.29, 0.717) is 85.8 Å². The van der Waals surface area contributed by atoms with Gasteiger partial charge in [-0.05, 0) is 104 Å². The number of sulfone groups is 1. The van der Waals surface area contributed by atoms with E-state index in [2.05, 4.69) is 66.5 Å². The summed E-state index contributed by atoms with van der Waals surface area (Å²) >= 11 is 0. The van der Waals surface area contributed by atoms with Gasteiger partial charge in [0, 0.05) is 68.0 Å². The number of carbonyl (C=O) groups is 5. The van der Waals surface area contributed by atoms with Crippen LogP contribution in [0.1, 0.15) is 106 Å². The molecule has 5 aromatic rings. The first kappa shape index (κ1) is 57.3. The number of aldehydes is 1. The molecule has 1 saturated carbocycles. The first-order chi connectivity index (χ1) is 38.3. The number of nitrogens with zero attached hydrogens (tertiary/aromatic N) is 8. The van der Waals surface area contributed by atoms with E-state index in [4.69, 9.17) is 4.74 Å². The molecule has 5 atom stereocenters. The summed E-state index contributed by atoms with van der Waals surface area (Å²) in [5.74, 6) is -0.150. The average Bonchev–Trinajstić information content (AvgIpc) is 4.10. The average molecular weight is 1120 g/mol. The molecule has 0 unspecified atom stereocenters. The molecule has 2 aromatic carbocycles. The summed E-state index contributed by atoms with van der Waals surface area (Å²) in [5, 5.41) is 23.0. The molecule has 2 aliphatic carbocycles. The second kappa shape index (κ2) is 24.2. The van der Waals surface area contributed by atoms with Crippen LogP contribution >= 0.6 is 0 Å². The van der Waals surface area contributed by atoms with Crippen LogP contribution in [0, 0.1) is 19.8 Å². The van der Waals surface area contributed by atoms with Crippen LogP contribution < -0.4 is 36.2 Å². The third-order valence-corrected chi connectivity index (χ3v) is 18.7. The molecule has 3 aromatic heterocycles. The van der Waals surface area contributed by atoms with Crippen LogP contribution in [-0.2, 0) is 41.0 Å². The van der Waals surface area contributed by atoms with Gasteiger partial charge in [-0.2, -0.15) is 5.10 Å². The van der Waals surface area contributed by atoms with Gasteiger partial charge in [-0.25, -0.2) is 28.4 Å². The van der Waals surface area contributed by atoms with Gasteiger partial charge in [-0.1, -0.05) is 55.7 Å². The molecule has 2 aliphatic heterocycles. The van der Waals surface area contributed by atoms with Crippen molar-refractivity contribution in [1.29, 1.82) is 0 Å². The van der Waals surface area contributed by atoms with Gasteiger partial charge in [0.05, 0.1) is 35.3 Å². The summed E-state index contributed by atoms with van der Waals surface area (Å²) in [7, 11) is -2.19. The van der Waals surface area contributed by atoms with Crippen LogP contribution in [0.4, 0.5) is 17.5 Å². The Hall–Kier alpha value is -7.37. The highest BCUT2D eigenvalue weighted by Crippen LogP contribution is 2.38. The van der Waals surface area contributed by atoms with Crippen molar-refractivity contribution in [2.24, 2.45) is 5.92 Å². The molecule has 0 spiro atoms. The number of allylic oxidation sites excluding steroid dienone is 1. The minimum Gasteiger partial charge on any atom is -0.492 e. The highest BCUT2D eigenvalue weighted by molar-refractivity contribution is 7.92.